The molecule has 2 aromatic carbocycles. The summed E-state index contributed by atoms with van der Waals surface area (Å²) in [4.78, 5) is 18.9. The maximum atomic E-state index is 13.9. The number of carbonyl (C=O) groups excluding carboxylic acids is 1. The number of aliphatic hydroxyl groups is 1. The highest BCUT2D eigenvalue weighted by Gasteiger charge is 2.34. The van der Waals surface area contributed by atoms with Crippen LogP contribution < -0.4 is 21.3 Å². The quantitative estimate of drug-likeness (QED) is 0.104. The summed E-state index contributed by atoms with van der Waals surface area (Å²) in [6.45, 7) is 4.21. The molecular weight excluding hydrogens is 807 g/mol. The highest BCUT2D eigenvalue weighted by Crippen LogP contribution is 2.39. The molecule has 0 saturated heterocycles. The van der Waals surface area contributed by atoms with Gasteiger partial charge in [0.15, 0.2) is 6.23 Å². The first kappa shape index (κ1) is 31.8. The summed E-state index contributed by atoms with van der Waals surface area (Å²) < 4.78 is 45.9. The Labute approximate surface area is 271 Å². The first-order valence-corrected chi connectivity index (χ1v) is 21.5. The summed E-state index contributed by atoms with van der Waals surface area (Å²) in [6, 6.07) is 9.03. The molecule has 8 nitrogen and oxygen atoms in total. The Hall–Kier alpha value is -2.57. The lowest BCUT2D eigenvalue weighted by Crippen LogP contribution is -2.17. The largest absolute Gasteiger partial charge is 0.416 e. The van der Waals surface area contributed by atoms with Gasteiger partial charge in [-0.05, 0) is 62.1 Å². The lowest BCUT2D eigenvalue weighted by Gasteiger charge is -2.18. The Bertz CT molecular complexity index is 1620. The zero-order valence-corrected chi connectivity index (χ0v) is 28.3. The molecule has 5 rings (SSSR count). The van der Waals surface area contributed by atoms with Crippen molar-refractivity contribution in [2.24, 2.45) is 8.14 Å². The number of nitrogens with zero attached hydrogens (tertiary/aromatic N) is 2. The summed E-state index contributed by atoms with van der Waals surface area (Å²) in [6.07, 6.45) is -1.82. The Balaban J connectivity index is 1.29. The lowest BCUT2D eigenvalue weighted by atomic mass is 10.0. The number of fused-ring (bicyclic) bond motifs is 1. The standard InChI is InChI=1S/C29H29F3I2N6O2S/c1-15-3-4-17(9-23(15)39-28(42)21-14-43-26-24(13-36-25(21)26)37-19-7-8-19)27(41)38-20-6-5-18(22(10-20)29(30,31)32)12-35-11-16(2)40-34-33/h3-6,9-11,14,19,28,35-36,39,42H,7-8,12-13H2,1-2H3,(H,38,41)/b16-11-,37-24?. The smallest absolute Gasteiger partial charge is 0.385 e. The predicted octanol–water partition coefficient (Wildman–Crippen LogP) is 8.26. The van der Waals surface area contributed by atoms with Crippen LogP contribution in [0.15, 0.2) is 61.8 Å². The molecule has 1 atom stereocenters. The van der Waals surface area contributed by atoms with Gasteiger partial charge in [0.25, 0.3) is 5.91 Å². The summed E-state index contributed by atoms with van der Waals surface area (Å²) in [7, 11) is 0. The SMILES string of the molecule is C/C(=C/NCc1ccc(NC(=O)c2ccc(C)c(NC(O)c3csc4c3NCC4=NC3CC3)c2)cc1C(F)(F)F)N=II. The molecule has 1 aliphatic carbocycles. The van der Waals surface area contributed by atoms with Gasteiger partial charge in [-0.2, -0.15) is 13.2 Å². The highest BCUT2D eigenvalue weighted by atomic mass is 128. The Morgan fingerprint density at radius 2 is 2.07 bits per heavy atom. The number of aliphatic hydroxyl groups excluding tert-OH is 1. The highest BCUT2D eigenvalue weighted by molar-refractivity contribution is 15.0. The molecule has 14 heteroatoms. The number of thiophene rings is 1. The second kappa shape index (κ2) is 13.6. The van der Waals surface area contributed by atoms with E-state index in [2.05, 4.69) is 43.0 Å². The number of halogens is 5. The van der Waals surface area contributed by atoms with Gasteiger partial charge in [-0.15, -0.1) is 11.3 Å². The minimum absolute atomic E-state index is 0.0242. The predicted molar refractivity (Wildman–Crippen MR) is 183 cm³/mol. The zero-order chi connectivity index (χ0) is 30.7. The van der Waals surface area contributed by atoms with Crippen LogP contribution in [-0.4, -0.2) is 29.3 Å². The molecule has 1 aliphatic heterocycles. The Morgan fingerprint density at radius 1 is 1.28 bits per heavy atom. The number of hydrogen-bond donors (Lipinski definition) is 5. The van der Waals surface area contributed by atoms with Gasteiger partial charge >= 0.3 is 6.18 Å². The van der Waals surface area contributed by atoms with Crippen molar-refractivity contribution in [3.8, 4) is 0 Å². The lowest BCUT2D eigenvalue weighted by molar-refractivity contribution is -0.138. The number of alkyl halides is 3. The third-order valence-corrected chi connectivity index (χ3v) is 10.1. The average molecular weight is 836 g/mol. The summed E-state index contributed by atoms with van der Waals surface area (Å²) in [5.41, 5.74) is 4.09. The number of benzene rings is 2. The van der Waals surface area contributed by atoms with Gasteiger partial charge in [-0.3, -0.25) is 9.79 Å². The number of nitrogens with one attached hydrogen (secondary N) is 4. The fourth-order valence-corrected chi connectivity index (χ4v) is 7.97. The second-order valence-corrected chi connectivity index (χ2v) is 14.4. The third kappa shape index (κ3) is 7.94. The molecule has 2 heterocycles. The molecule has 43 heavy (non-hydrogen) atoms. The number of allylic oxidation sites excluding steroid dienone is 1. The normalized spacial score (nSPS) is 16.9. The number of rotatable bonds is 10. The minimum atomic E-state index is -4.60. The van der Waals surface area contributed by atoms with Crippen molar-refractivity contribution in [3.05, 3.63) is 86.4 Å². The summed E-state index contributed by atoms with van der Waals surface area (Å²) in [5.74, 6) is -0.571. The van der Waals surface area contributed by atoms with Crippen LogP contribution in [-0.2, 0) is 12.7 Å². The van der Waals surface area contributed by atoms with Gasteiger partial charge in [-0.1, -0.05) is 12.1 Å². The molecular formula is C29H29F3I2N6O2S. The van der Waals surface area contributed by atoms with E-state index in [0.717, 1.165) is 46.4 Å². The number of anilines is 3. The van der Waals surface area contributed by atoms with Crippen molar-refractivity contribution in [2.75, 3.05) is 22.5 Å². The summed E-state index contributed by atoms with van der Waals surface area (Å²) in [5, 5.41) is 24.8. The average Bonchev–Trinajstić information content (AvgIpc) is 3.54. The van der Waals surface area contributed by atoms with Gasteiger partial charge in [0.05, 0.1) is 57.2 Å². The number of amides is 1. The van der Waals surface area contributed by atoms with Gasteiger partial charge in [-0.25, -0.2) is 3.15 Å². The summed E-state index contributed by atoms with van der Waals surface area (Å²) >= 11 is 3.38. The molecule has 5 N–H and O–H groups in total. The van der Waals surface area contributed by atoms with Crippen LogP contribution >= 0.6 is 47.0 Å². The molecule has 0 bridgehead atoms. The monoisotopic (exact) mass is 836 g/mol. The van der Waals surface area contributed by atoms with E-state index >= 15 is 0 Å². The van der Waals surface area contributed by atoms with Gasteiger partial charge in [0.1, 0.15) is 0 Å². The van der Waals surface area contributed by atoms with Crippen molar-refractivity contribution >= 4 is 75.7 Å². The first-order chi connectivity index (χ1) is 20.5. The number of carbonyl (C=O) groups is 1. The van der Waals surface area contributed by atoms with Crippen LogP contribution in [0.1, 0.15) is 63.5 Å². The van der Waals surface area contributed by atoms with Crippen molar-refractivity contribution in [1.29, 1.82) is 0 Å². The van der Waals surface area contributed by atoms with Gasteiger partial charge in [0, 0.05) is 59.2 Å². The van der Waals surface area contributed by atoms with E-state index in [-0.39, 0.29) is 40.4 Å². The van der Waals surface area contributed by atoms with Crippen LogP contribution in [0.2, 0.25) is 0 Å². The van der Waals surface area contributed by atoms with E-state index < -0.39 is 23.9 Å². The van der Waals surface area contributed by atoms with Crippen LogP contribution in [0.4, 0.5) is 30.2 Å². The number of hydrogen-bond acceptors (Lipinski definition) is 8. The Morgan fingerprint density at radius 3 is 2.79 bits per heavy atom. The van der Waals surface area contributed by atoms with E-state index in [0.29, 0.717) is 23.8 Å². The fourth-order valence-electron chi connectivity index (χ4n) is 4.55. The van der Waals surface area contributed by atoms with Crippen molar-refractivity contribution in [1.82, 2.24) is 5.32 Å². The van der Waals surface area contributed by atoms with Crippen LogP contribution in [0, 0.1) is 6.92 Å². The van der Waals surface area contributed by atoms with E-state index in [1.54, 1.807) is 31.3 Å². The molecule has 1 saturated carbocycles. The van der Waals surface area contributed by atoms with Gasteiger partial charge < -0.3 is 26.4 Å². The minimum Gasteiger partial charge on any atom is -0.385 e. The molecule has 3 aromatic rings. The Kier molecular flexibility index (Phi) is 10.1. The molecule has 1 unspecified atom stereocenters. The molecule has 0 spiro atoms. The number of aliphatic imine (C=N–C) groups is 1. The van der Waals surface area contributed by atoms with Gasteiger partial charge in [0.2, 0.25) is 0 Å². The first-order valence-electron chi connectivity index (χ1n) is 13.4. The third-order valence-electron chi connectivity index (χ3n) is 6.93. The maximum Gasteiger partial charge on any atom is 0.416 e. The number of aryl methyl sites for hydroxylation is 1. The van der Waals surface area contributed by atoms with E-state index in [9.17, 15) is 23.1 Å². The van der Waals surface area contributed by atoms with Crippen LogP contribution in [0.5, 0.6) is 0 Å². The molecule has 228 valence electrons. The molecule has 0 radical (unpaired) electrons. The van der Waals surface area contributed by atoms with Crippen LogP contribution in [0.25, 0.3) is 0 Å². The second-order valence-electron chi connectivity index (χ2n) is 10.3. The van der Waals surface area contributed by atoms with E-state index in [1.807, 2.05) is 12.3 Å². The van der Waals surface area contributed by atoms with E-state index in [1.165, 1.54) is 23.5 Å². The van der Waals surface area contributed by atoms with Crippen molar-refractivity contribution in [3.63, 3.8) is 0 Å². The topological polar surface area (TPSA) is 110 Å². The molecule has 1 aromatic heterocycles. The molecule has 1 fully saturated rings. The molecule has 1 amide bonds. The van der Waals surface area contributed by atoms with Crippen molar-refractivity contribution in [2.45, 2.75) is 51.7 Å². The zero-order valence-electron chi connectivity index (χ0n) is 23.1. The fraction of sp³-hybridized carbons (Fsp3) is 0.310. The van der Waals surface area contributed by atoms with E-state index in [4.69, 9.17) is 4.99 Å². The molecule has 2 aliphatic rings. The maximum absolute atomic E-state index is 13.9. The van der Waals surface area contributed by atoms with Crippen LogP contribution in [0.3, 0.4) is 0 Å². The van der Waals surface area contributed by atoms with Crippen molar-refractivity contribution < 1.29 is 23.1 Å².